The highest BCUT2D eigenvalue weighted by Gasteiger charge is 2.08. The average molecular weight is 347 g/mol. The summed E-state index contributed by atoms with van der Waals surface area (Å²) in [5.41, 5.74) is 3.05. The number of nitrogens with one attached hydrogen (secondary N) is 2. The van der Waals surface area contributed by atoms with Crippen LogP contribution in [0.1, 0.15) is 46.5 Å². The Kier molecular flexibility index (Phi) is 8.16. The largest absolute Gasteiger partial charge is 0.322 e. The molecule has 2 aromatic rings. The van der Waals surface area contributed by atoms with E-state index in [1.54, 1.807) is 24.3 Å². The minimum Gasteiger partial charge on any atom is -0.322 e. The van der Waals surface area contributed by atoms with Gasteiger partial charge < -0.3 is 10.6 Å². The molecule has 0 bridgehead atoms. The second-order valence-corrected chi connectivity index (χ2v) is 5.29. The summed E-state index contributed by atoms with van der Waals surface area (Å²) in [5.74, 6) is -0.103. The third kappa shape index (κ3) is 5.48. The Morgan fingerprint density at radius 1 is 0.958 bits per heavy atom. The quantitative estimate of drug-likeness (QED) is 0.743. The Bertz CT molecular complexity index is 684. The second kappa shape index (κ2) is 9.85. The van der Waals surface area contributed by atoms with Crippen molar-refractivity contribution in [3.8, 4) is 0 Å². The molecule has 2 rings (SSSR count). The van der Waals surface area contributed by atoms with Crippen molar-refractivity contribution in [3.63, 3.8) is 0 Å². The van der Waals surface area contributed by atoms with Crippen LogP contribution >= 0.6 is 12.4 Å². The van der Waals surface area contributed by atoms with Crippen molar-refractivity contribution in [1.29, 1.82) is 0 Å². The number of amides is 1. The van der Waals surface area contributed by atoms with Gasteiger partial charge in [0.15, 0.2) is 5.78 Å². The van der Waals surface area contributed by atoms with Crippen molar-refractivity contribution in [2.75, 3.05) is 11.9 Å². The SMILES string of the molecule is CCNCc1cccc(NC(=O)c2ccc(C(=O)CC)cc2)c1.Cl. The predicted molar refractivity (Wildman–Crippen MR) is 100 cm³/mol. The first-order valence-corrected chi connectivity index (χ1v) is 7.88. The number of anilines is 1. The van der Waals surface area contributed by atoms with Crippen LogP contribution in [0.25, 0.3) is 0 Å². The lowest BCUT2D eigenvalue weighted by atomic mass is 10.1. The van der Waals surface area contributed by atoms with Gasteiger partial charge in [0.1, 0.15) is 0 Å². The van der Waals surface area contributed by atoms with E-state index in [0.717, 1.165) is 24.3 Å². The van der Waals surface area contributed by atoms with Crippen LogP contribution in [-0.2, 0) is 6.54 Å². The predicted octanol–water partition coefficient (Wildman–Crippen LogP) is 4.06. The molecule has 0 aliphatic rings. The van der Waals surface area contributed by atoms with Crippen molar-refractivity contribution >= 4 is 29.8 Å². The van der Waals surface area contributed by atoms with Gasteiger partial charge in [-0.2, -0.15) is 0 Å². The zero-order valence-corrected chi connectivity index (χ0v) is 14.8. The van der Waals surface area contributed by atoms with Gasteiger partial charge in [0.2, 0.25) is 0 Å². The normalized spacial score (nSPS) is 9.92. The van der Waals surface area contributed by atoms with Crippen LogP contribution < -0.4 is 10.6 Å². The summed E-state index contributed by atoms with van der Waals surface area (Å²) in [6.07, 6.45) is 0.462. The zero-order chi connectivity index (χ0) is 16.7. The first-order valence-electron chi connectivity index (χ1n) is 7.88. The molecule has 2 N–H and O–H groups in total. The van der Waals surface area contributed by atoms with E-state index in [4.69, 9.17) is 0 Å². The van der Waals surface area contributed by atoms with Crippen LogP contribution in [0.5, 0.6) is 0 Å². The van der Waals surface area contributed by atoms with Crippen LogP contribution in [-0.4, -0.2) is 18.2 Å². The lowest BCUT2D eigenvalue weighted by Crippen LogP contribution is -2.14. The number of hydrogen-bond donors (Lipinski definition) is 2. The molecule has 0 radical (unpaired) electrons. The molecular formula is C19H23ClN2O2. The number of benzene rings is 2. The number of halogens is 1. The molecule has 0 spiro atoms. The first-order chi connectivity index (χ1) is 11.1. The fourth-order valence-corrected chi connectivity index (χ4v) is 2.24. The maximum atomic E-state index is 12.3. The van der Waals surface area contributed by atoms with E-state index in [2.05, 4.69) is 17.6 Å². The molecule has 24 heavy (non-hydrogen) atoms. The number of rotatable bonds is 7. The highest BCUT2D eigenvalue weighted by Crippen LogP contribution is 2.13. The van der Waals surface area contributed by atoms with Gasteiger partial charge in [0.05, 0.1) is 0 Å². The van der Waals surface area contributed by atoms with Gasteiger partial charge in [-0.05, 0) is 36.4 Å². The molecule has 0 aromatic heterocycles. The molecule has 128 valence electrons. The van der Waals surface area contributed by atoms with E-state index >= 15 is 0 Å². The van der Waals surface area contributed by atoms with Crippen molar-refractivity contribution in [2.24, 2.45) is 0 Å². The van der Waals surface area contributed by atoms with Gasteiger partial charge >= 0.3 is 0 Å². The minimum absolute atomic E-state index is 0. The lowest BCUT2D eigenvalue weighted by Gasteiger charge is -2.08. The molecule has 0 atom stereocenters. The topological polar surface area (TPSA) is 58.2 Å². The fraction of sp³-hybridized carbons (Fsp3) is 0.263. The van der Waals surface area contributed by atoms with Crippen LogP contribution in [0.3, 0.4) is 0 Å². The first kappa shape index (κ1) is 19.9. The van der Waals surface area contributed by atoms with E-state index in [-0.39, 0.29) is 24.1 Å². The maximum Gasteiger partial charge on any atom is 0.255 e. The molecule has 0 fully saturated rings. The molecule has 0 saturated carbocycles. The Labute approximate surface area is 149 Å². The maximum absolute atomic E-state index is 12.3. The Morgan fingerprint density at radius 2 is 1.62 bits per heavy atom. The summed E-state index contributed by atoms with van der Waals surface area (Å²) in [6, 6.07) is 14.5. The number of hydrogen-bond acceptors (Lipinski definition) is 3. The van der Waals surface area contributed by atoms with Gasteiger partial charge in [-0.15, -0.1) is 12.4 Å². The van der Waals surface area contributed by atoms with E-state index in [0.29, 0.717) is 17.5 Å². The van der Waals surface area contributed by atoms with Gasteiger partial charge in [0, 0.05) is 29.8 Å². The molecule has 5 heteroatoms. The number of Topliss-reactive ketones (excluding diaryl/α,β-unsaturated/α-hetero) is 1. The Hall–Kier alpha value is -2.17. The van der Waals surface area contributed by atoms with Gasteiger partial charge in [-0.3, -0.25) is 9.59 Å². The fourth-order valence-electron chi connectivity index (χ4n) is 2.24. The number of carbonyl (C=O) groups excluding carboxylic acids is 2. The number of carbonyl (C=O) groups is 2. The molecule has 1 amide bonds. The summed E-state index contributed by atoms with van der Waals surface area (Å²) in [4.78, 5) is 23.9. The highest BCUT2D eigenvalue weighted by molar-refractivity contribution is 6.05. The summed E-state index contributed by atoms with van der Waals surface area (Å²) in [6.45, 7) is 5.55. The Balaban J connectivity index is 0.00000288. The van der Waals surface area contributed by atoms with E-state index in [1.807, 2.05) is 31.2 Å². The van der Waals surface area contributed by atoms with Crippen molar-refractivity contribution < 1.29 is 9.59 Å². The highest BCUT2D eigenvalue weighted by atomic mass is 35.5. The number of ketones is 1. The monoisotopic (exact) mass is 346 g/mol. The molecule has 2 aromatic carbocycles. The van der Waals surface area contributed by atoms with Gasteiger partial charge in [-0.25, -0.2) is 0 Å². The van der Waals surface area contributed by atoms with Crippen molar-refractivity contribution in [3.05, 3.63) is 65.2 Å². The summed E-state index contributed by atoms with van der Waals surface area (Å²) < 4.78 is 0. The molecular weight excluding hydrogens is 324 g/mol. The van der Waals surface area contributed by atoms with Crippen LogP contribution in [0.2, 0.25) is 0 Å². The lowest BCUT2D eigenvalue weighted by molar-refractivity contribution is 0.0984. The van der Waals surface area contributed by atoms with E-state index in [9.17, 15) is 9.59 Å². The smallest absolute Gasteiger partial charge is 0.255 e. The molecule has 0 aliphatic heterocycles. The minimum atomic E-state index is -0.180. The molecule has 0 aliphatic carbocycles. The standard InChI is InChI=1S/C19H22N2O2.ClH/c1-3-18(22)15-8-10-16(11-9-15)19(23)21-17-7-5-6-14(12-17)13-20-4-2;/h5-12,20H,3-4,13H2,1-2H3,(H,21,23);1H. The van der Waals surface area contributed by atoms with E-state index < -0.39 is 0 Å². The van der Waals surface area contributed by atoms with Crippen LogP contribution in [0, 0.1) is 0 Å². The third-order valence-corrected chi connectivity index (χ3v) is 3.55. The molecule has 0 unspecified atom stereocenters. The summed E-state index contributed by atoms with van der Waals surface area (Å²) in [7, 11) is 0. The van der Waals surface area contributed by atoms with Crippen molar-refractivity contribution in [1.82, 2.24) is 5.32 Å². The van der Waals surface area contributed by atoms with Crippen LogP contribution in [0.15, 0.2) is 48.5 Å². The second-order valence-electron chi connectivity index (χ2n) is 5.29. The third-order valence-electron chi connectivity index (χ3n) is 3.55. The van der Waals surface area contributed by atoms with Gasteiger partial charge in [-0.1, -0.05) is 38.1 Å². The molecule has 0 saturated heterocycles. The molecule has 4 nitrogen and oxygen atoms in total. The average Bonchev–Trinajstić information content (AvgIpc) is 2.59. The Morgan fingerprint density at radius 3 is 2.25 bits per heavy atom. The van der Waals surface area contributed by atoms with E-state index in [1.165, 1.54) is 0 Å². The summed E-state index contributed by atoms with van der Waals surface area (Å²) in [5, 5.41) is 6.14. The molecule has 0 heterocycles. The summed E-state index contributed by atoms with van der Waals surface area (Å²) >= 11 is 0. The zero-order valence-electron chi connectivity index (χ0n) is 14.0. The van der Waals surface area contributed by atoms with Crippen molar-refractivity contribution in [2.45, 2.75) is 26.8 Å². The van der Waals surface area contributed by atoms with Crippen LogP contribution in [0.4, 0.5) is 5.69 Å². The van der Waals surface area contributed by atoms with Gasteiger partial charge in [0.25, 0.3) is 5.91 Å².